The second-order valence-electron chi connectivity index (χ2n) is 4.91. The van der Waals surface area contributed by atoms with Crippen LogP contribution >= 0.6 is 15.9 Å². The molecule has 122 valence electrons. The Balaban J connectivity index is 2.36. The molecule has 9 heteroatoms. The largest absolute Gasteiger partial charge is 0.380 e. The van der Waals surface area contributed by atoms with E-state index in [-0.39, 0.29) is 16.3 Å². The van der Waals surface area contributed by atoms with Crippen LogP contribution in [0.15, 0.2) is 45.8 Å². The topological polar surface area (TPSA) is 115 Å². The van der Waals surface area contributed by atoms with Gasteiger partial charge >= 0.3 is 0 Å². The Morgan fingerprint density at radius 2 is 1.96 bits per heavy atom. The van der Waals surface area contributed by atoms with Crippen LogP contribution in [-0.4, -0.2) is 13.3 Å². The molecule has 0 atom stereocenters. The monoisotopic (exact) mass is 399 g/mol. The molecule has 3 N–H and O–H groups in total. The molecule has 0 aliphatic carbocycles. The standard InChI is InChI=1S/C14H14BrN3O4S/c1-9-2-3-11(15)6-10(9)8-17-13-5-4-12(18(19)20)7-14(13)23(16,21)22/h2-7,17H,8H2,1H3,(H2,16,21,22). The van der Waals surface area contributed by atoms with Crippen LogP contribution in [0.3, 0.4) is 0 Å². The van der Waals surface area contributed by atoms with Gasteiger partial charge in [0.2, 0.25) is 10.0 Å². The van der Waals surface area contributed by atoms with Crippen LogP contribution in [0.25, 0.3) is 0 Å². The quantitative estimate of drug-likeness (QED) is 0.592. The Labute approximate surface area is 141 Å². The molecule has 0 aliphatic heterocycles. The van der Waals surface area contributed by atoms with Gasteiger partial charge in [-0.2, -0.15) is 0 Å². The van der Waals surface area contributed by atoms with Crippen molar-refractivity contribution >= 4 is 37.3 Å². The van der Waals surface area contributed by atoms with E-state index in [2.05, 4.69) is 21.2 Å². The zero-order chi connectivity index (χ0) is 17.2. The Bertz CT molecular complexity index is 868. The molecular formula is C14H14BrN3O4S. The highest BCUT2D eigenvalue weighted by Gasteiger charge is 2.19. The smallest absolute Gasteiger partial charge is 0.270 e. The fraction of sp³-hybridized carbons (Fsp3) is 0.143. The van der Waals surface area contributed by atoms with Gasteiger partial charge in [-0.15, -0.1) is 0 Å². The summed E-state index contributed by atoms with van der Waals surface area (Å²) in [5.74, 6) is 0. The Kier molecular flexibility index (Phi) is 5.03. The van der Waals surface area contributed by atoms with Crippen molar-refractivity contribution < 1.29 is 13.3 Å². The molecule has 0 amide bonds. The van der Waals surface area contributed by atoms with E-state index in [0.717, 1.165) is 21.7 Å². The number of primary sulfonamides is 1. The Morgan fingerprint density at radius 1 is 1.26 bits per heavy atom. The highest BCUT2D eigenvalue weighted by molar-refractivity contribution is 9.10. The van der Waals surface area contributed by atoms with Crippen LogP contribution in [0.2, 0.25) is 0 Å². The van der Waals surface area contributed by atoms with Gasteiger partial charge in [-0.25, -0.2) is 13.6 Å². The number of hydrogen-bond donors (Lipinski definition) is 2. The number of nitrogens with zero attached hydrogens (tertiary/aromatic N) is 1. The van der Waals surface area contributed by atoms with Gasteiger partial charge in [-0.3, -0.25) is 10.1 Å². The number of aryl methyl sites for hydroxylation is 1. The van der Waals surface area contributed by atoms with Crippen molar-refractivity contribution in [3.63, 3.8) is 0 Å². The fourth-order valence-electron chi connectivity index (χ4n) is 2.03. The minimum Gasteiger partial charge on any atom is -0.380 e. The van der Waals surface area contributed by atoms with E-state index < -0.39 is 14.9 Å². The van der Waals surface area contributed by atoms with Crippen molar-refractivity contribution in [1.29, 1.82) is 0 Å². The number of rotatable bonds is 5. The lowest BCUT2D eigenvalue weighted by molar-refractivity contribution is -0.385. The van der Waals surface area contributed by atoms with Crippen molar-refractivity contribution in [2.24, 2.45) is 5.14 Å². The molecule has 0 aromatic heterocycles. The molecule has 2 rings (SSSR count). The lowest BCUT2D eigenvalue weighted by Gasteiger charge is -2.12. The van der Waals surface area contributed by atoms with Gasteiger partial charge in [0.25, 0.3) is 5.69 Å². The third-order valence-corrected chi connectivity index (χ3v) is 4.71. The molecule has 0 heterocycles. The number of benzene rings is 2. The maximum atomic E-state index is 11.7. The molecule has 0 radical (unpaired) electrons. The first-order valence-corrected chi connectivity index (χ1v) is 8.82. The van der Waals surface area contributed by atoms with E-state index in [1.165, 1.54) is 12.1 Å². The second-order valence-corrected chi connectivity index (χ2v) is 7.35. The maximum absolute atomic E-state index is 11.7. The third kappa shape index (κ3) is 4.27. The summed E-state index contributed by atoms with van der Waals surface area (Å²) in [6, 6.07) is 9.25. The average molecular weight is 400 g/mol. The second kappa shape index (κ2) is 6.65. The molecule has 7 nitrogen and oxygen atoms in total. The van der Waals surface area contributed by atoms with Crippen molar-refractivity contribution in [3.8, 4) is 0 Å². The number of non-ortho nitro benzene ring substituents is 1. The summed E-state index contributed by atoms with van der Waals surface area (Å²) in [6.07, 6.45) is 0. The minimum absolute atomic E-state index is 0.220. The molecule has 0 unspecified atom stereocenters. The Hall–Kier alpha value is -1.97. The molecule has 0 aliphatic rings. The molecule has 0 bridgehead atoms. The molecule has 2 aromatic carbocycles. The molecular weight excluding hydrogens is 386 g/mol. The van der Waals surface area contributed by atoms with E-state index in [1.54, 1.807) is 0 Å². The van der Waals surface area contributed by atoms with Crippen LogP contribution in [0.5, 0.6) is 0 Å². The summed E-state index contributed by atoms with van der Waals surface area (Å²) >= 11 is 3.38. The number of nitrogens with two attached hydrogens (primary N) is 1. The summed E-state index contributed by atoms with van der Waals surface area (Å²) in [4.78, 5) is 9.82. The number of nitro groups is 1. The van der Waals surface area contributed by atoms with E-state index in [1.807, 2.05) is 25.1 Å². The highest BCUT2D eigenvalue weighted by Crippen LogP contribution is 2.26. The molecule has 23 heavy (non-hydrogen) atoms. The van der Waals surface area contributed by atoms with Gasteiger partial charge in [0.05, 0.1) is 10.6 Å². The van der Waals surface area contributed by atoms with Crippen molar-refractivity contribution in [2.45, 2.75) is 18.4 Å². The molecule has 2 aromatic rings. The van der Waals surface area contributed by atoms with Gasteiger partial charge < -0.3 is 5.32 Å². The van der Waals surface area contributed by atoms with Crippen LogP contribution in [0, 0.1) is 17.0 Å². The van der Waals surface area contributed by atoms with E-state index in [4.69, 9.17) is 5.14 Å². The molecule has 0 fully saturated rings. The van der Waals surface area contributed by atoms with E-state index in [9.17, 15) is 18.5 Å². The normalized spacial score (nSPS) is 11.3. The first-order chi connectivity index (χ1) is 10.7. The van der Waals surface area contributed by atoms with Crippen molar-refractivity contribution in [3.05, 3.63) is 62.1 Å². The van der Waals surface area contributed by atoms with E-state index in [0.29, 0.717) is 6.54 Å². The lowest BCUT2D eigenvalue weighted by Crippen LogP contribution is -2.15. The predicted molar refractivity (Wildman–Crippen MR) is 90.7 cm³/mol. The van der Waals surface area contributed by atoms with Crippen LogP contribution in [0.4, 0.5) is 11.4 Å². The Morgan fingerprint density at radius 3 is 2.57 bits per heavy atom. The molecule has 0 saturated carbocycles. The number of halogens is 1. The summed E-state index contributed by atoms with van der Waals surface area (Å²) in [6.45, 7) is 2.28. The number of hydrogen-bond acceptors (Lipinski definition) is 5. The zero-order valence-electron chi connectivity index (χ0n) is 12.1. The predicted octanol–water partition coefficient (Wildman–Crippen LogP) is 2.93. The molecule has 0 spiro atoms. The van der Waals surface area contributed by atoms with Gasteiger partial charge in [-0.05, 0) is 36.2 Å². The van der Waals surface area contributed by atoms with Crippen LogP contribution < -0.4 is 10.5 Å². The summed E-state index contributed by atoms with van der Waals surface area (Å²) in [5, 5.41) is 18.9. The van der Waals surface area contributed by atoms with Gasteiger partial charge in [0.15, 0.2) is 0 Å². The average Bonchev–Trinajstić information content (AvgIpc) is 2.47. The molecule has 0 saturated heterocycles. The summed E-state index contributed by atoms with van der Waals surface area (Å²) < 4.78 is 24.2. The van der Waals surface area contributed by atoms with Gasteiger partial charge in [-0.1, -0.05) is 22.0 Å². The number of nitro benzene ring substituents is 1. The SMILES string of the molecule is Cc1ccc(Br)cc1CNc1ccc([N+](=O)[O-])cc1S(N)(=O)=O. The summed E-state index contributed by atoms with van der Waals surface area (Å²) in [5.41, 5.74) is 1.87. The highest BCUT2D eigenvalue weighted by atomic mass is 79.9. The van der Waals surface area contributed by atoms with Crippen LogP contribution in [0.1, 0.15) is 11.1 Å². The lowest BCUT2D eigenvalue weighted by atomic mass is 10.1. The fourth-order valence-corrected chi connectivity index (χ4v) is 3.17. The zero-order valence-corrected chi connectivity index (χ0v) is 14.5. The minimum atomic E-state index is -4.09. The first-order valence-electron chi connectivity index (χ1n) is 6.48. The van der Waals surface area contributed by atoms with Crippen molar-refractivity contribution in [1.82, 2.24) is 0 Å². The first kappa shape index (κ1) is 17.4. The third-order valence-electron chi connectivity index (χ3n) is 3.26. The van der Waals surface area contributed by atoms with Gasteiger partial charge in [0, 0.05) is 23.2 Å². The van der Waals surface area contributed by atoms with Crippen LogP contribution in [-0.2, 0) is 16.6 Å². The van der Waals surface area contributed by atoms with Gasteiger partial charge in [0.1, 0.15) is 4.90 Å². The maximum Gasteiger partial charge on any atom is 0.270 e. The number of anilines is 1. The summed E-state index contributed by atoms with van der Waals surface area (Å²) in [7, 11) is -4.09. The van der Waals surface area contributed by atoms with Crippen molar-refractivity contribution in [2.75, 3.05) is 5.32 Å². The number of nitrogens with one attached hydrogen (secondary N) is 1. The van der Waals surface area contributed by atoms with E-state index >= 15 is 0 Å². The number of sulfonamides is 1.